The lowest BCUT2D eigenvalue weighted by Crippen LogP contribution is -1.82. The highest BCUT2D eigenvalue weighted by Gasteiger charge is 1.79. The molecule has 0 rings (SSSR count). The second-order valence-corrected chi connectivity index (χ2v) is 3.24. The molecule has 0 aromatic carbocycles. The van der Waals surface area contributed by atoms with Crippen molar-refractivity contribution in [3.05, 3.63) is 0 Å². The Bertz CT molecular complexity index is 28.9. The first-order valence-corrected chi connectivity index (χ1v) is 5.60. The lowest BCUT2D eigenvalue weighted by molar-refractivity contribution is 0.242. The Hall–Kier alpha value is 1.36. The third kappa shape index (κ3) is 7.36. The van der Waals surface area contributed by atoms with Crippen molar-refractivity contribution in [1.82, 2.24) is 0 Å². The SMILES string of the molecule is SSCOCSS. The summed E-state index contributed by atoms with van der Waals surface area (Å²) in [5.41, 5.74) is 0. The largest absolute Gasteiger partial charge is 0.359 e. The summed E-state index contributed by atoms with van der Waals surface area (Å²) in [5, 5.41) is 0. The zero-order valence-electron chi connectivity index (χ0n) is 3.53. The van der Waals surface area contributed by atoms with Gasteiger partial charge in [0.05, 0.1) is 0 Å². The van der Waals surface area contributed by atoms with Gasteiger partial charge in [0.2, 0.25) is 0 Å². The van der Waals surface area contributed by atoms with Gasteiger partial charge in [-0.05, 0) is 0 Å². The zero-order chi connectivity index (χ0) is 5.54. The van der Waals surface area contributed by atoms with Crippen LogP contribution in [0.15, 0.2) is 0 Å². The van der Waals surface area contributed by atoms with Crippen molar-refractivity contribution in [3.63, 3.8) is 0 Å². The number of thiol groups is 2. The molecule has 0 aliphatic carbocycles. The van der Waals surface area contributed by atoms with Gasteiger partial charge < -0.3 is 4.74 Å². The van der Waals surface area contributed by atoms with Crippen LogP contribution in [0.5, 0.6) is 0 Å². The van der Waals surface area contributed by atoms with Crippen LogP contribution in [0.1, 0.15) is 0 Å². The molecule has 0 N–H and O–H groups in total. The molecule has 0 unspecified atom stereocenters. The zero-order valence-corrected chi connectivity index (χ0v) is 6.96. The lowest BCUT2D eigenvalue weighted by Gasteiger charge is -1.93. The molecule has 44 valence electrons. The maximum absolute atomic E-state index is 4.91. The molecule has 0 fully saturated rings. The highest BCUT2D eigenvalue weighted by Crippen LogP contribution is 2.09. The predicted octanol–water partition coefficient (Wildman–Crippen LogP) is 2.07. The normalized spacial score (nSPS) is 9.43. The highest BCUT2D eigenvalue weighted by molar-refractivity contribution is 8.69. The fourth-order valence-corrected chi connectivity index (χ4v) is 0.977. The van der Waals surface area contributed by atoms with Gasteiger partial charge in [0.25, 0.3) is 0 Å². The minimum atomic E-state index is 0.636. The summed E-state index contributed by atoms with van der Waals surface area (Å²) in [6.45, 7) is 0. The van der Waals surface area contributed by atoms with E-state index < -0.39 is 0 Å². The quantitative estimate of drug-likeness (QED) is 0.292. The third-order valence-corrected chi connectivity index (χ3v) is 1.45. The van der Waals surface area contributed by atoms with E-state index in [0.717, 1.165) is 0 Å². The summed E-state index contributed by atoms with van der Waals surface area (Å²) in [6.07, 6.45) is 0. The van der Waals surface area contributed by atoms with E-state index in [0.29, 0.717) is 11.9 Å². The predicted molar refractivity (Wildman–Crippen MR) is 44.0 cm³/mol. The van der Waals surface area contributed by atoms with E-state index in [4.69, 9.17) is 4.74 Å². The van der Waals surface area contributed by atoms with E-state index >= 15 is 0 Å². The van der Waals surface area contributed by atoms with Crippen molar-refractivity contribution in [2.45, 2.75) is 0 Å². The number of hydrogen-bond donors (Lipinski definition) is 2. The lowest BCUT2D eigenvalue weighted by atomic mass is 11.5. The van der Waals surface area contributed by atoms with Crippen molar-refractivity contribution >= 4 is 44.9 Å². The average molecular weight is 174 g/mol. The molecule has 0 amide bonds. The highest BCUT2D eigenvalue weighted by atomic mass is 33.1. The molecule has 0 heterocycles. The van der Waals surface area contributed by atoms with Gasteiger partial charge in [-0.25, -0.2) is 0 Å². The molecule has 0 saturated carbocycles. The van der Waals surface area contributed by atoms with Crippen molar-refractivity contribution in [1.29, 1.82) is 0 Å². The Morgan fingerprint density at radius 3 is 1.86 bits per heavy atom. The molecule has 0 bridgehead atoms. The van der Waals surface area contributed by atoms with Crippen molar-refractivity contribution in [3.8, 4) is 0 Å². The van der Waals surface area contributed by atoms with Crippen LogP contribution in [0.2, 0.25) is 0 Å². The standard InChI is InChI=1S/C2H6OS4/c4-6-1-3-2-7-5/h4-5H,1-2H2. The van der Waals surface area contributed by atoms with Crippen LogP contribution in [0, 0.1) is 0 Å². The first-order valence-electron chi connectivity index (χ1n) is 1.52. The average Bonchev–Trinajstić information content (AvgIpc) is 1.69. The fourth-order valence-electron chi connectivity index (χ4n) is 0.109. The summed E-state index contributed by atoms with van der Waals surface area (Å²) in [6, 6.07) is 0. The Kier molecular flexibility index (Phi) is 8.79. The summed E-state index contributed by atoms with van der Waals surface area (Å²) in [4.78, 5) is 0. The third-order valence-electron chi connectivity index (χ3n) is 0.272. The fraction of sp³-hybridized carbons (Fsp3) is 1.00. The molecule has 0 aromatic heterocycles. The molecule has 0 atom stereocenters. The van der Waals surface area contributed by atoms with Crippen LogP contribution < -0.4 is 0 Å². The molecule has 7 heavy (non-hydrogen) atoms. The van der Waals surface area contributed by atoms with E-state index in [1.165, 1.54) is 21.6 Å². The maximum Gasteiger partial charge on any atom is 0.103 e. The van der Waals surface area contributed by atoms with Crippen LogP contribution in [-0.2, 0) is 4.74 Å². The Morgan fingerprint density at radius 2 is 1.57 bits per heavy atom. The van der Waals surface area contributed by atoms with E-state index in [1.54, 1.807) is 0 Å². The Balaban J connectivity index is 2.45. The second kappa shape index (κ2) is 7.36. The number of hydrogen-bond acceptors (Lipinski definition) is 5. The topological polar surface area (TPSA) is 9.23 Å². The number of rotatable bonds is 4. The van der Waals surface area contributed by atoms with Crippen LogP contribution >= 0.6 is 44.9 Å². The van der Waals surface area contributed by atoms with Crippen molar-refractivity contribution in [2.24, 2.45) is 0 Å². The Labute approximate surface area is 61.6 Å². The molecule has 5 heteroatoms. The van der Waals surface area contributed by atoms with Crippen LogP contribution in [0.3, 0.4) is 0 Å². The minimum absolute atomic E-state index is 0.636. The molecular formula is C2H6OS4. The molecule has 0 aliphatic heterocycles. The van der Waals surface area contributed by atoms with Gasteiger partial charge in [-0.2, -0.15) is 0 Å². The maximum atomic E-state index is 4.91. The van der Waals surface area contributed by atoms with Gasteiger partial charge in [0.15, 0.2) is 0 Å². The van der Waals surface area contributed by atoms with E-state index in [1.807, 2.05) is 0 Å². The van der Waals surface area contributed by atoms with Crippen molar-refractivity contribution < 1.29 is 4.74 Å². The monoisotopic (exact) mass is 174 g/mol. The van der Waals surface area contributed by atoms with Gasteiger partial charge >= 0.3 is 0 Å². The van der Waals surface area contributed by atoms with Gasteiger partial charge in [-0.15, -0.1) is 23.3 Å². The van der Waals surface area contributed by atoms with Gasteiger partial charge in [0, 0.05) is 0 Å². The van der Waals surface area contributed by atoms with Gasteiger partial charge in [-0.3, -0.25) is 0 Å². The van der Waals surface area contributed by atoms with E-state index in [-0.39, 0.29) is 0 Å². The first kappa shape index (κ1) is 8.36. The summed E-state index contributed by atoms with van der Waals surface area (Å²) < 4.78 is 4.91. The molecule has 0 radical (unpaired) electrons. The first-order chi connectivity index (χ1) is 3.41. The van der Waals surface area contributed by atoms with Crippen molar-refractivity contribution in [2.75, 3.05) is 11.9 Å². The molecule has 0 aromatic rings. The van der Waals surface area contributed by atoms with Gasteiger partial charge in [0.1, 0.15) is 11.9 Å². The molecule has 0 saturated heterocycles. The minimum Gasteiger partial charge on any atom is -0.359 e. The van der Waals surface area contributed by atoms with Crippen LogP contribution in [0.25, 0.3) is 0 Å². The molecule has 1 nitrogen and oxygen atoms in total. The van der Waals surface area contributed by atoms with Crippen LogP contribution in [-0.4, -0.2) is 11.9 Å². The summed E-state index contributed by atoms with van der Waals surface area (Å²) in [5.74, 6) is 1.27. The van der Waals surface area contributed by atoms with E-state index in [2.05, 4.69) is 23.3 Å². The van der Waals surface area contributed by atoms with Gasteiger partial charge in [-0.1, -0.05) is 21.6 Å². The smallest absolute Gasteiger partial charge is 0.103 e. The summed E-state index contributed by atoms with van der Waals surface area (Å²) in [7, 11) is 2.73. The second-order valence-electron chi connectivity index (χ2n) is 0.698. The Morgan fingerprint density at radius 1 is 1.14 bits per heavy atom. The van der Waals surface area contributed by atoms with Crippen LogP contribution in [0.4, 0.5) is 0 Å². The summed E-state index contributed by atoms with van der Waals surface area (Å²) >= 11 is 7.70. The van der Waals surface area contributed by atoms with E-state index in [9.17, 15) is 0 Å². The molecule has 0 aliphatic rings. The molecular weight excluding hydrogens is 168 g/mol. The molecule has 0 spiro atoms. The number of ether oxygens (including phenoxy) is 1.